The first-order valence-corrected chi connectivity index (χ1v) is 8.17. The Labute approximate surface area is 143 Å². The Kier molecular flexibility index (Phi) is 4.93. The van der Waals surface area contributed by atoms with Gasteiger partial charge >= 0.3 is 0 Å². The molecule has 0 radical (unpaired) electrons. The summed E-state index contributed by atoms with van der Waals surface area (Å²) in [5.74, 6) is 0.0753. The Morgan fingerprint density at radius 3 is 2.22 bits per heavy atom. The SMILES string of the molecule is O=C(N[C@H](Cc1ccccc1)c1ccccc1)c1ccc(Br)o1. The second-order valence-corrected chi connectivity index (χ2v) is 6.01. The highest BCUT2D eigenvalue weighted by atomic mass is 79.9. The fourth-order valence-corrected chi connectivity index (χ4v) is 2.76. The molecule has 0 aliphatic rings. The molecule has 3 rings (SSSR count). The van der Waals surface area contributed by atoms with E-state index in [1.807, 2.05) is 48.5 Å². The summed E-state index contributed by atoms with van der Waals surface area (Å²) in [6.07, 6.45) is 0.721. The molecule has 1 N–H and O–H groups in total. The van der Waals surface area contributed by atoms with Gasteiger partial charge in [-0.25, -0.2) is 0 Å². The van der Waals surface area contributed by atoms with Gasteiger partial charge in [0, 0.05) is 0 Å². The summed E-state index contributed by atoms with van der Waals surface area (Å²) in [6, 6.07) is 23.3. The van der Waals surface area contributed by atoms with E-state index >= 15 is 0 Å². The highest BCUT2D eigenvalue weighted by Crippen LogP contribution is 2.20. The average molecular weight is 370 g/mol. The molecule has 4 heteroatoms. The van der Waals surface area contributed by atoms with Crippen LogP contribution in [0.5, 0.6) is 0 Å². The van der Waals surface area contributed by atoms with Crippen LogP contribution in [0, 0.1) is 0 Å². The Morgan fingerprint density at radius 2 is 1.61 bits per heavy atom. The molecule has 0 saturated carbocycles. The number of amides is 1. The monoisotopic (exact) mass is 369 g/mol. The number of hydrogen-bond donors (Lipinski definition) is 1. The van der Waals surface area contributed by atoms with E-state index in [9.17, 15) is 4.79 Å². The molecule has 0 spiro atoms. The predicted octanol–water partition coefficient (Wildman–Crippen LogP) is 4.76. The summed E-state index contributed by atoms with van der Waals surface area (Å²) >= 11 is 3.22. The van der Waals surface area contributed by atoms with E-state index in [0.717, 1.165) is 12.0 Å². The highest BCUT2D eigenvalue weighted by molar-refractivity contribution is 9.10. The molecular formula is C19H16BrNO2. The molecule has 116 valence electrons. The van der Waals surface area contributed by atoms with Crippen LogP contribution in [0.3, 0.4) is 0 Å². The number of furan rings is 1. The van der Waals surface area contributed by atoms with Crippen molar-refractivity contribution >= 4 is 21.8 Å². The van der Waals surface area contributed by atoms with Crippen LogP contribution in [0.15, 0.2) is 81.9 Å². The van der Waals surface area contributed by atoms with Crippen molar-refractivity contribution < 1.29 is 9.21 Å². The third kappa shape index (κ3) is 4.11. The number of benzene rings is 2. The molecule has 23 heavy (non-hydrogen) atoms. The first kappa shape index (κ1) is 15.6. The molecular weight excluding hydrogens is 354 g/mol. The van der Waals surface area contributed by atoms with E-state index in [1.54, 1.807) is 12.1 Å². The van der Waals surface area contributed by atoms with Crippen LogP contribution in [-0.2, 0) is 6.42 Å². The number of halogens is 1. The molecule has 0 saturated heterocycles. The fraction of sp³-hybridized carbons (Fsp3) is 0.105. The maximum atomic E-state index is 12.4. The maximum Gasteiger partial charge on any atom is 0.287 e. The third-order valence-corrected chi connectivity index (χ3v) is 4.01. The predicted molar refractivity (Wildman–Crippen MR) is 93.2 cm³/mol. The van der Waals surface area contributed by atoms with Gasteiger partial charge in [0.15, 0.2) is 10.4 Å². The summed E-state index contributed by atoms with van der Waals surface area (Å²) in [4.78, 5) is 12.4. The van der Waals surface area contributed by atoms with E-state index in [4.69, 9.17) is 4.42 Å². The van der Waals surface area contributed by atoms with Gasteiger partial charge in [-0.2, -0.15) is 0 Å². The second-order valence-electron chi connectivity index (χ2n) is 5.23. The van der Waals surface area contributed by atoms with Gasteiger partial charge in [0.1, 0.15) is 0 Å². The normalized spacial score (nSPS) is 11.9. The quantitative estimate of drug-likeness (QED) is 0.704. The lowest BCUT2D eigenvalue weighted by molar-refractivity contribution is 0.0907. The maximum absolute atomic E-state index is 12.4. The topological polar surface area (TPSA) is 42.2 Å². The van der Waals surface area contributed by atoms with E-state index < -0.39 is 0 Å². The van der Waals surface area contributed by atoms with Crippen molar-refractivity contribution in [2.24, 2.45) is 0 Å². The van der Waals surface area contributed by atoms with Crippen LogP contribution < -0.4 is 5.32 Å². The van der Waals surface area contributed by atoms with Crippen molar-refractivity contribution in [1.29, 1.82) is 0 Å². The van der Waals surface area contributed by atoms with Crippen LogP contribution in [0.4, 0.5) is 0 Å². The Morgan fingerprint density at radius 1 is 0.957 bits per heavy atom. The number of rotatable bonds is 5. The summed E-state index contributed by atoms with van der Waals surface area (Å²) in [5, 5.41) is 3.06. The number of hydrogen-bond acceptors (Lipinski definition) is 2. The largest absolute Gasteiger partial charge is 0.444 e. The molecule has 3 aromatic rings. The summed E-state index contributed by atoms with van der Waals surface area (Å²) in [6.45, 7) is 0. The van der Waals surface area contributed by atoms with Crippen molar-refractivity contribution in [1.82, 2.24) is 5.32 Å². The zero-order valence-corrected chi connectivity index (χ0v) is 14.0. The van der Waals surface area contributed by atoms with Crippen LogP contribution in [0.1, 0.15) is 27.7 Å². The second kappa shape index (κ2) is 7.29. The average Bonchev–Trinajstić information content (AvgIpc) is 3.03. The molecule has 2 aromatic carbocycles. The Hall–Kier alpha value is -2.33. The number of carbonyl (C=O) groups is 1. The van der Waals surface area contributed by atoms with Gasteiger partial charge in [0.25, 0.3) is 5.91 Å². The fourth-order valence-electron chi connectivity index (χ4n) is 2.45. The summed E-state index contributed by atoms with van der Waals surface area (Å²) in [7, 11) is 0. The van der Waals surface area contributed by atoms with Crippen molar-refractivity contribution in [2.75, 3.05) is 0 Å². The number of nitrogens with one attached hydrogen (secondary N) is 1. The smallest absolute Gasteiger partial charge is 0.287 e. The minimum atomic E-state index is -0.222. The lowest BCUT2D eigenvalue weighted by atomic mass is 9.99. The molecule has 0 fully saturated rings. The van der Waals surface area contributed by atoms with Crippen LogP contribution in [0.25, 0.3) is 0 Å². The van der Waals surface area contributed by atoms with E-state index in [1.165, 1.54) is 5.56 Å². The van der Waals surface area contributed by atoms with E-state index in [-0.39, 0.29) is 11.9 Å². The molecule has 0 aliphatic heterocycles. The molecule has 1 aromatic heterocycles. The van der Waals surface area contributed by atoms with Gasteiger partial charge < -0.3 is 9.73 Å². The minimum Gasteiger partial charge on any atom is -0.444 e. The lowest BCUT2D eigenvalue weighted by Crippen LogP contribution is -2.29. The molecule has 3 nitrogen and oxygen atoms in total. The van der Waals surface area contributed by atoms with Gasteiger partial charge in [0.2, 0.25) is 0 Å². The van der Waals surface area contributed by atoms with Crippen molar-refractivity contribution in [2.45, 2.75) is 12.5 Å². The van der Waals surface area contributed by atoms with Gasteiger partial charge in [-0.1, -0.05) is 60.7 Å². The molecule has 1 atom stereocenters. The zero-order chi connectivity index (χ0) is 16.1. The minimum absolute atomic E-state index is 0.116. The zero-order valence-electron chi connectivity index (χ0n) is 12.4. The molecule has 0 unspecified atom stereocenters. The molecule has 0 aliphatic carbocycles. The van der Waals surface area contributed by atoms with Crippen molar-refractivity contribution in [3.63, 3.8) is 0 Å². The van der Waals surface area contributed by atoms with Crippen molar-refractivity contribution in [3.05, 3.63) is 94.4 Å². The molecule has 1 amide bonds. The van der Waals surface area contributed by atoms with Crippen LogP contribution in [-0.4, -0.2) is 5.91 Å². The summed E-state index contributed by atoms with van der Waals surface area (Å²) < 4.78 is 5.88. The van der Waals surface area contributed by atoms with Gasteiger partial charge in [0.05, 0.1) is 6.04 Å². The van der Waals surface area contributed by atoms with Crippen molar-refractivity contribution in [3.8, 4) is 0 Å². The van der Waals surface area contributed by atoms with Gasteiger partial charge in [-0.3, -0.25) is 4.79 Å². The Bertz CT molecular complexity index is 768. The standard InChI is InChI=1S/C19H16BrNO2/c20-18-12-11-17(23-18)19(22)21-16(15-9-5-2-6-10-15)13-14-7-3-1-4-8-14/h1-12,16H,13H2,(H,21,22)/t16-/m1/s1. The van der Waals surface area contributed by atoms with E-state index in [2.05, 4.69) is 33.4 Å². The van der Waals surface area contributed by atoms with Crippen LogP contribution in [0.2, 0.25) is 0 Å². The number of carbonyl (C=O) groups excluding carboxylic acids is 1. The molecule has 0 bridgehead atoms. The molecule has 1 heterocycles. The first-order chi connectivity index (χ1) is 11.2. The van der Waals surface area contributed by atoms with Gasteiger partial charge in [-0.15, -0.1) is 0 Å². The summed E-state index contributed by atoms with van der Waals surface area (Å²) in [5.41, 5.74) is 2.23. The highest BCUT2D eigenvalue weighted by Gasteiger charge is 2.18. The van der Waals surface area contributed by atoms with Gasteiger partial charge in [-0.05, 0) is 45.6 Å². The Balaban J connectivity index is 1.82. The van der Waals surface area contributed by atoms with Crippen LogP contribution >= 0.6 is 15.9 Å². The lowest BCUT2D eigenvalue weighted by Gasteiger charge is -2.19. The first-order valence-electron chi connectivity index (χ1n) is 7.37. The van der Waals surface area contributed by atoms with E-state index in [0.29, 0.717) is 10.4 Å². The third-order valence-electron chi connectivity index (χ3n) is 3.59.